The summed E-state index contributed by atoms with van der Waals surface area (Å²) in [6, 6.07) is 7.23. The molecule has 2 aromatic rings. The van der Waals surface area contributed by atoms with Gasteiger partial charge < -0.3 is 10.1 Å². The van der Waals surface area contributed by atoms with Crippen LogP contribution in [0.15, 0.2) is 36.4 Å². The Labute approximate surface area is 121 Å². The van der Waals surface area contributed by atoms with Crippen LogP contribution in [-0.4, -0.2) is 6.54 Å². The number of hydrogen-bond donors (Lipinski definition) is 1. The predicted octanol–water partition coefficient (Wildman–Crippen LogP) is 4.40. The lowest BCUT2D eigenvalue weighted by atomic mass is 10.2. The molecule has 0 fully saturated rings. The maximum atomic E-state index is 13.9. The second kappa shape index (κ2) is 7.13. The average molecular weight is 295 g/mol. The number of rotatable bonds is 6. The van der Waals surface area contributed by atoms with Gasteiger partial charge in [-0.25, -0.2) is 13.2 Å². The van der Waals surface area contributed by atoms with Gasteiger partial charge in [0.1, 0.15) is 29.0 Å². The first kappa shape index (κ1) is 15.4. The van der Waals surface area contributed by atoms with Crippen LogP contribution in [0.2, 0.25) is 0 Å². The second-order valence-corrected chi connectivity index (χ2v) is 4.60. The number of benzene rings is 2. The molecule has 0 aliphatic rings. The summed E-state index contributed by atoms with van der Waals surface area (Å²) >= 11 is 0. The van der Waals surface area contributed by atoms with Gasteiger partial charge in [-0.2, -0.15) is 0 Å². The van der Waals surface area contributed by atoms with Crippen molar-refractivity contribution in [3.63, 3.8) is 0 Å². The molecule has 0 bridgehead atoms. The van der Waals surface area contributed by atoms with Crippen LogP contribution in [0, 0.1) is 17.5 Å². The van der Waals surface area contributed by atoms with Gasteiger partial charge in [0.15, 0.2) is 0 Å². The SMILES string of the molecule is CCCNCc1c(F)cccc1Oc1cc(F)cc(F)c1. The van der Waals surface area contributed by atoms with Crippen molar-refractivity contribution >= 4 is 0 Å². The molecule has 0 saturated carbocycles. The quantitative estimate of drug-likeness (QED) is 0.798. The predicted molar refractivity (Wildman–Crippen MR) is 74.8 cm³/mol. The molecule has 2 nitrogen and oxygen atoms in total. The maximum absolute atomic E-state index is 13.9. The molecule has 0 amide bonds. The Morgan fingerprint density at radius 3 is 2.43 bits per heavy atom. The smallest absolute Gasteiger partial charge is 0.134 e. The van der Waals surface area contributed by atoms with E-state index in [0.717, 1.165) is 31.2 Å². The summed E-state index contributed by atoms with van der Waals surface area (Å²) < 4.78 is 45.6. The summed E-state index contributed by atoms with van der Waals surface area (Å²) in [5.41, 5.74) is 0.329. The molecule has 1 N–H and O–H groups in total. The molecule has 0 aromatic heterocycles. The van der Waals surface area contributed by atoms with Gasteiger partial charge in [-0.05, 0) is 25.1 Å². The van der Waals surface area contributed by atoms with Gasteiger partial charge in [0.2, 0.25) is 0 Å². The monoisotopic (exact) mass is 295 g/mol. The van der Waals surface area contributed by atoms with E-state index in [4.69, 9.17) is 4.74 Å². The van der Waals surface area contributed by atoms with Crippen LogP contribution in [0.5, 0.6) is 11.5 Å². The number of nitrogens with one attached hydrogen (secondary N) is 1. The summed E-state index contributed by atoms with van der Waals surface area (Å²) in [5.74, 6) is -1.68. The maximum Gasteiger partial charge on any atom is 0.134 e. The van der Waals surface area contributed by atoms with Gasteiger partial charge in [0.25, 0.3) is 0 Å². The van der Waals surface area contributed by atoms with Gasteiger partial charge >= 0.3 is 0 Å². The van der Waals surface area contributed by atoms with Crippen LogP contribution < -0.4 is 10.1 Å². The van der Waals surface area contributed by atoms with Gasteiger partial charge in [0.05, 0.1) is 0 Å². The zero-order chi connectivity index (χ0) is 15.2. The molecule has 2 rings (SSSR count). The van der Waals surface area contributed by atoms with Crippen LogP contribution >= 0.6 is 0 Å². The van der Waals surface area contributed by atoms with E-state index in [1.807, 2.05) is 6.92 Å². The van der Waals surface area contributed by atoms with Crippen molar-refractivity contribution in [1.29, 1.82) is 0 Å². The molecule has 0 aliphatic carbocycles. The minimum atomic E-state index is -0.743. The summed E-state index contributed by atoms with van der Waals surface area (Å²) in [5, 5.41) is 3.07. The van der Waals surface area contributed by atoms with E-state index < -0.39 is 17.5 Å². The highest BCUT2D eigenvalue weighted by atomic mass is 19.1. The van der Waals surface area contributed by atoms with E-state index in [2.05, 4.69) is 5.32 Å². The molecule has 21 heavy (non-hydrogen) atoms. The van der Waals surface area contributed by atoms with Crippen molar-refractivity contribution in [1.82, 2.24) is 5.32 Å². The number of ether oxygens (including phenoxy) is 1. The Morgan fingerprint density at radius 2 is 1.76 bits per heavy atom. The molecule has 0 unspecified atom stereocenters. The first-order chi connectivity index (χ1) is 10.1. The van der Waals surface area contributed by atoms with Crippen LogP contribution in [0.1, 0.15) is 18.9 Å². The second-order valence-electron chi connectivity index (χ2n) is 4.60. The minimum Gasteiger partial charge on any atom is -0.457 e. The normalized spacial score (nSPS) is 10.7. The molecule has 2 aromatic carbocycles. The number of halogens is 3. The van der Waals surface area contributed by atoms with Crippen molar-refractivity contribution in [2.24, 2.45) is 0 Å². The molecule has 5 heteroatoms. The summed E-state index contributed by atoms with van der Waals surface area (Å²) in [7, 11) is 0. The van der Waals surface area contributed by atoms with Crippen LogP contribution in [-0.2, 0) is 6.54 Å². The summed E-state index contributed by atoms with van der Waals surface area (Å²) in [6.45, 7) is 3.03. The third kappa shape index (κ3) is 4.23. The van der Waals surface area contributed by atoms with E-state index in [9.17, 15) is 13.2 Å². The molecular weight excluding hydrogens is 279 g/mol. The minimum absolute atomic E-state index is 0.00478. The molecule has 112 valence electrons. The lowest BCUT2D eigenvalue weighted by Crippen LogP contribution is -2.15. The Bertz CT molecular complexity index is 596. The van der Waals surface area contributed by atoms with Crippen molar-refractivity contribution in [2.45, 2.75) is 19.9 Å². The van der Waals surface area contributed by atoms with Crippen LogP contribution in [0.3, 0.4) is 0 Å². The van der Waals surface area contributed by atoms with Gasteiger partial charge in [-0.3, -0.25) is 0 Å². The van der Waals surface area contributed by atoms with Crippen molar-refractivity contribution in [3.8, 4) is 11.5 Å². The molecule has 0 saturated heterocycles. The first-order valence-corrected chi connectivity index (χ1v) is 6.72. The zero-order valence-electron chi connectivity index (χ0n) is 11.6. The molecule has 0 heterocycles. The topological polar surface area (TPSA) is 21.3 Å². The van der Waals surface area contributed by atoms with Crippen LogP contribution in [0.4, 0.5) is 13.2 Å². The van der Waals surface area contributed by atoms with Gasteiger partial charge in [-0.15, -0.1) is 0 Å². The van der Waals surface area contributed by atoms with E-state index in [1.54, 1.807) is 6.07 Å². The van der Waals surface area contributed by atoms with Gasteiger partial charge in [-0.1, -0.05) is 13.0 Å². The average Bonchev–Trinajstić information content (AvgIpc) is 2.41. The third-order valence-corrected chi connectivity index (χ3v) is 2.87. The Kier molecular flexibility index (Phi) is 5.22. The highest BCUT2D eigenvalue weighted by Crippen LogP contribution is 2.28. The fourth-order valence-corrected chi connectivity index (χ4v) is 1.91. The molecule has 0 radical (unpaired) electrons. The lowest BCUT2D eigenvalue weighted by molar-refractivity contribution is 0.451. The van der Waals surface area contributed by atoms with Crippen molar-refractivity contribution in [2.75, 3.05) is 6.54 Å². The standard InChI is InChI=1S/C16H16F3NO/c1-2-6-20-10-14-15(19)4-3-5-16(14)21-13-8-11(17)7-12(18)9-13/h3-5,7-9,20H,2,6,10H2,1H3. The van der Waals surface area contributed by atoms with Gasteiger partial charge in [0, 0.05) is 30.3 Å². The highest BCUT2D eigenvalue weighted by Gasteiger charge is 2.11. The van der Waals surface area contributed by atoms with E-state index >= 15 is 0 Å². The Balaban J connectivity index is 2.24. The fraction of sp³-hybridized carbons (Fsp3) is 0.250. The van der Waals surface area contributed by atoms with Crippen LogP contribution in [0.25, 0.3) is 0 Å². The molecule has 0 atom stereocenters. The largest absolute Gasteiger partial charge is 0.457 e. The first-order valence-electron chi connectivity index (χ1n) is 6.72. The van der Waals surface area contributed by atoms with E-state index in [0.29, 0.717) is 5.56 Å². The number of hydrogen-bond acceptors (Lipinski definition) is 2. The summed E-state index contributed by atoms with van der Waals surface area (Å²) in [6.07, 6.45) is 0.916. The fourth-order valence-electron chi connectivity index (χ4n) is 1.91. The molecule has 0 spiro atoms. The third-order valence-electron chi connectivity index (χ3n) is 2.87. The van der Waals surface area contributed by atoms with Crippen molar-refractivity contribution in [3.05, 3.63) is 59.4 Å². The molecule has 0 aliphatic heterocycles. The van der Waals surface area contributed by atoms with E-state index in [-0.39, 0.29) is 18.0 Å². The molecular formula is C16H16F3NO. The zero-order valence-corrected chi connectivity index (χ0v) is 11.6. The van der Waals surface area contributed by atoms with Crippen molar-refractivity contribution < 1.29 is 17.9 Å². The summed E-state index contributed by atoms with van der Waals surface area (Å²) in [4.78, 5) is 0. The Hall–Kier alpha value is -2.01. The Morgan fingerprint density at radius 1 is 1.05 bits per heavy atom. The highest BCUT2D eigenvalue weighted by molar-refractivity contribution is 5.39. The lowest BCUT2D eigenvalue weighted by Gasteiger charge is -2.13. The van der Waals surface area contributed by atoms with E-state index in [1.165, 1.54) is 12.1 Å².